The van der Waals surface area contributed by atoms with Gasteiger partial charge in [0.25, 0.3) is 0 Å². The third-order valence-electron chi connectivity index (χ3n) is 8.06. The first kappa shape index (κ1) is 26.0. The summed E-state index contributed by atoms with van der Waals surface area (Å²) in [6.45, 7) is 0.197. The van der Waals surface area contributed by atoms with Crippen molar-refractivity contribution in [3.63, 3.8) is 0 Å². The lowest BCUT2D eigenvalue weighted by Gasteiger charge is -2.27. The third kappa shape index (κ3) is 4.81. The second-order valence-corrected chi connectivity index (χ2v) is 10.7. The van der Waals surface area contributed by atoms with E-state index in [9.17, 15) is 14.4 Å². The Morgan fingerprint density at radius 2 is 1.98 bits per heavy atom. The quantitative estimate of drug-likeness (QED) is 0.478. The lowest BCUT2D eigenvalue weighted by molar-refractivity contribution is -0.139. The lowest BCUT2D eigenvalue weighted by Crippen LogP contribution is -2.54. The van der Waals surface area contributed by atoms with E-state index < -0.39 is 23.7 Å². The average molecular weight is 540 g/mol. The number of hydrogen-bond acceptors (Lipinski definition) is 7. The molecular weight excluding hydrogens is 508 g/mol. The zero-order chi connectivity index (χ0) is 27.9. The molecule has 40 heavy (non-hydrogen) atoms. The van der Waals surface area contributed by atoms with Gasteiger partial charge in [0, 0.05) is 35.4 Å². The molecule has 6 rings (SSSR count). The average Bonchev–Trinajstić information content (AvgIpc) is 3.49. The minimum atomic E-state index is -1.03. The van der Waals surface area contributed by atoms with Gasteiger partial charge < -0.3 is 25.4 Å². The number of nitrogens with one attached hydrogen (secondary N) is 1. The summed E-state index contributed by atoms with van der Waals surface area (Å²) in [7, 11) is 1.60. The molecule has 1 saturated carbocycles. The molecule has 3 heterocycles. The van der Waals surface area contributed by atoms with Crippen LogP contribution in [0.4, 0.5) is 0 Å². The minimum Gasteiger partial charge on any atom is -0.497 e. The van der Waals surface area contributed by atoms with Crippen LogP contribution < -0.4 is 20.5 Å². The number of amides is 2. The number of carbonyl (C=O) groups excluding carboxylic acids is 3. The Kier molecular flexibility index (Phi) is 6.75. The van der Waals surface area contributed by atoms with Crippen LogP contribution >= 0.6 is 0 Å². The SMILES string of the molecule is COc1ccc2c(OC3CC4C(=O)NC5([C]=O)CC5/C=C\CCC(N)C(=O)N4C3)cc(-c3ccccc3)nc2c1. The number of ether oxygens (including phenoxy) is 2. The Morgan fingerprint density at radius 1 is 1.15 bits per heavy atom. The fraction of sp³-hybridized carbons (Fsp3) is 0.355. The standard InChI is InChI=1S/C31H31N4O5/c1-39-21-11-12-23-26(13-21)33-25(19-7-3-2-4-8-19)15-28(23)40-22-14-27-29(37)34-31(18-36)16-20(31)9-5-6-10-24(32)30(38)35(27)17-22/h2-5,7-9,11-13,15,20,22,24,27H,6,10,14,16-17,32H2,1H3,(H,34,37)/b9-5-. The van der Waals surface area contributed by atoms with E-state index in [1.807, 2.05) is 73.0 Å². The van der Waals surface area contributed by atoms with Gasteiger partial charge in [-0.05, 0) is 31.4 Å². The first-order valence-electron chi connectivity index (χ1n) is 13.6. The highest BCUT2D eigenvalue weighted by atomic mass is 16.5. The van der Waals surface area contributed by atoms with E-state index in [-0.39, 0.29) is 30.7 Å². The van der Waals surface area contributed by atoms with Crippen molar-refractivity contribution >= 4 is 29.0 Å². The fourth-order valence-corrected chi connectivity index (χ4v) is 5.69. The monoisotopic (exact) mass is 539 g/mol. The summed E-state index contributed by atoms with van der Waals surface area (Å²) >= 11 is 0. The van der Waals surface area contributed by atoms with Gasteiger partial charge in [-0.15, -0.1) is 0 Å². The molecule has 2 amide bonds. The number of rotatable bonds is 5. The number of methoxy groups -OCH3 is 1. The highest BCUT2D eigenvalue weighted by molar-refractivity contribution is 5.93. The molecule has 0 spiro atoms. The predicted molar refractivity (Wildman–Crippen MR) is 149 cm³/mol. The summed E-state index contributed by atoms with van der Waals surface area (Å²) in [6.07, 6.45) is 7.22. The highest BCUT2D eigenvalue weighted by Crippen LogP contribution is 2.43. The van der Waals surface area contributed by atoms with Crippen LogP contribution in [0.25, 0.3) is 22.2 Å². The van der Waals surface area contributed by atoms with Crippen molar-refractivity contribution in [1.82, 2.24) is 15.2 Å². The van der Waals surface area contributed by atoms with Crippen molar-refractivity contribution in [2.24, 2.45) is 11.7 Å². The van der Waals surface area contributed by atoms with Crippen LogP contribution in [-0.2, 0) is 14.4 Å². The molecule has 1 aliphatic carbocycles. The van der Waals surface area contributed by atoms with E-state index >= 15 is 0 Å². The van der Waals surface area contributed by atoms with Crippen LogP contribution in [0.5, 0.6) is 11.5 Å². The molecule has 2 fully saturated rings. The normalized spacial score (nSPS) is 28.9. The van der Waals surface area contributed by atoms with E-state index in [1.165, 1.54) is 4.90 Å². The van der Waals surface area contributed by atoms with E-state index in [2.05, 4.69) is 5.32 Å². The van der Waals surface area contributed by atoms with Gasteiger partial charge in [0.2, 0.25) is 18.1 Å². The van der Waals surface area contributed by atoms with Crippen molar-refractivity contribution < 1.29 is 23.9 Å². The van der Waals surface area contributed by atoms with Gasteiger partial charge in [0.15, 0.2) is 0 Å². The molecule has 2 aromatic carbocycles. The molecule has 9 nitrogen and oxygen atoms in total. The maximum atomic E-state index is 13.5. The number of pyridine rings is 1. The Balaban J connectivity index is 1.33. The number of carbonyl (C=O) groups is 2. The molecule has 3 aromatic rings. The molecular formula is C31H31N4O5. The second-order valence-electron chi connectivity index (χ2n) is 10.7. The molecule has 3 aliphatic rings. The van der Waals surface area contributed by atoms with Crippen LogP contribution in [0, 0.1) is 5.92 Å². The Bertz CT molecular complexity index is 1490. The number of allylic oxidation sites excluding steroid dienone is 1. The number of aromatic nitrogens is 1. The fourth-order valence-electron chi connectivity index (χ4n) is 5.69. The van der Waals surface area contributed by atoms with Crippen molar-refractivity contribution in [2.45, 2.75) is 49.4 Å². The zero-order valence-corrected chi connectivity index (χ0v) is 22.2. The molecule has 2 aliphatic heterocycles. The van der Waals surface area contributed by atoms with Crippen LogP contribution in [0.2, 0.25) is 0 Å². The van der Waals surface area contributed by atoms with Crippen molar-refractivity contribution in [3.8, 4) is 22.8 Å². The summed E-state index contributed by atoms with van der Waals surface area (Å²) in [5, 5.41) is 3.66. The van der Waals surface area contributed by atoms with Crippen molar-refractivity contribution in [3.05, 3.63) is 66.7 Å². The summed E-state index contributed by atoms with van der Waals surface area (Å²) in [5.74, 6) is 0.479. The number of hydrogen-bond donors (Lipinski definition) is 2. The van der Waals surface area contributed by atoms with Crippen molar-refractivity contribution in [1.29, 1.82) is 0 Å². The number of fused-ring (bicyclic) bond motifs is 3. The Hall–Kier alpha value is -4.24. The van der Waals surface area contributed by atoms with E-state index in [0.29, 0.717) is 36.3 Å². The second kappa shape index (κ2) is 10.4. The summed E-state index contributed by atoms with van der Waals surface area (Å²) in [5.41, 5.74) is 7.58. The Morgan fingerprint density at radius 3 is 2.75 bits per heavy atom. The van der Waals surface area contributed by atoms with Gasteiger partial charge in [-0.25, -0.2) is 4.98 Å². The van der Waals surface area contributed by atoms with Gasteiger partial charge in [-0.3, -0.25) is 14.4 Å². The molecule has 1 aromatic heterocycles. The molecule has 205 valence electrons. The van der Waals surface area contributed by atoms with E-state index in [4.69, 9.17) is 20.2 Å². The van der Waals surface area contributed by atoms with Gasteiger partial charge in [0.1, 0.15) is 29.2 Å². The number of nitrogens with zero attached hydrogens (tertiary/aromatic N) is 2. The first-order chi connectivity index (χ1) is 19.4. The largest absolute Gasteiger partial charge is 0.497 e. The first-order valence-corrected chi connectivity index (χ1v) is 13.6. The molecule has 1 radical (unpaired) electrons. The zero-order valence-electron chi connectivity index (χ0n) is 22.2. The van der Waals surface area contributed by atoms with Gasteiger partial charge >= 0.3 is 0 Å². The molecule has 9 heteroatoms. The minimum absolute atomic E-state index is 0.0983. The summed E-state index contributed by atoms with van der Waals surface area (Å²) < 4.78 is 12.0. The lowest BCUT2D eigenvalue weighted by atomic mass is 10.1. The number of benzene rings is 2. The number of nitrogens with two attached hydrogens (primary N) is 1. The van der Waals surface area contributed by atoms with Crippen molar-refractivity contribution in [2.75, 3.05) is 13.7 Å². The highest BCUT2D eigenvalue weighted by Gasteiger charge is 2.56. The Labute approximate surface area is 232 Å². The molecule has 0 bridgehead atoms. The third-order valence-corrected chi connectivity index (χ3v) is 8.06. The van der Waals surface area contributed by atoms with Crippen LogP contribution in [0.3, 0.4) is 0 Å². The van der Waals surface area contributed by atoms with Crippen LogP contribution in [0.1, 0.15) is 25.7 Å². The topological polar surface area (TPSA) is 124 Å². The smallest absolute Gasteiger partial charge is 0.243 e. The van der Waals surface area contributed by atoms with Gasteiger partial charge in [-0.2, -0.15) is 0 Å². The molecule has 3 N–H and O–H groups in total. The van der Waals surface area contributed by atoms with E-state index in [1.54, 1.807) is 7.11 Å². The van der Waals surface area contributed by atoms with E-state index in [0.717, 1.165) is 16.6 Å². The van der Waals surface area contributed by atoms with Gasteiger partial charge in [0.05, 0.1) is 30.9 Å². The maximum absolute atomic E-state index is 13.5. The van der Waals surface area contributed by atoms with Gasteiger partial charge in [-0.1, -0.05) is 42.5 Å². The van der Waals surface area contributed by atoms with Crippen LogP contribution in [0.15, 0.2) is 66.7 Å². The maximum Gasteiger partial charge on any atom is 0.243 e. The molecule has 1 saturated heterocycles. The summed E-state index contributed by atoms with van der Waals surface area (Å²) in [4.78, 5) is 45.0. The molecule has 5 unspecified atom stereocenters. The summed E-state index contributed by atoms with van der Waals surface area (Å²) in [6, 6.07) is 15.7. The van der Waals surface area contributed by atoms with Crippen LogP contribution in [-0.4, -0.2) is 65.4 Å². The predicted octanol–water partition coefficient (Wildman–Crippen LogP) is 2.92. The molecule has 5 atom stereocenters.